The third-order valence-electron chi connectivity index (χ3n) is 5.18. The Morgan fingerprint density at radius 2 is 2.04 bits per heavy atom. The first kappa shape index (κ1) is 17.3. The Morgan fingerprint density at radius 1 is 1.38 bits per heavy atom. The van der Waals surface area contributed by atoms with Crippen LogP contribution in [-0.2, 0) is 16.0 Å². The molecule has 0 radical (unpaired) electrons. The van der Waals surface area contributed by atoms with Crippen molar-refractivity contribution >= 4 is 5.91 Å². The quantitative estimate of drug-likeness (QED) is 0.773. The summed E-state index contributed by atoms with van der Waals surface area (Å²) in [4.78, 5) is 12.3. The van der Waals surface area contributed by atoms with Crippen LogP contribution < -0.4 is 5.32 Å². The maximum atomic E-state index is 12.9. The van der Waals surface area contributed by atoms with Crippen LogP contribution in [0.15, 0.2) is 24.3 Å². The SMILES string of the molecule is CC1(C)C[C@H]2C[C@@H](O)[C@H](NC(=O)Cc3ccc(F)cc3)[C@]2(O)CO1. The topological polar surface area (TPSA) is 78.8 Å². The van der Waals surface area contributed by atoms with Crippen molar-refractivity contribution in [3.05, 3.63) is 35.6 Å². The van der Waals surface area contributed by atoms with Crippen LogP contribution in [0.1, 0.15) is 32.3 Å². The van der Waals surface area contributed by atoms with Crippen LogP contribution in [0.5, 0.6) is 0 Å². The zero-order valence-corrected chi connectivity index (χ0v) is 14.0. The number of amides is 1. The first-order chi connectivity index (χ1) is 11.2. The number of ether oxygens (including phenoxy) is 1. The van der Waals surface area contributed by atoms with Crippen molar-refractivity contribution < 1.29 is 24.1 Å². The highest BCUT2D eigenvalue weighted by atomic mass is 19.1. The van der Waals surface area contributed by atoms with Crippen LogP contribution in [0.4, 0.5) is 4.39 Å². The molecule has 1 saturated heterocycles. The lowest BCUT2D eigenvalue weighted by Crippen LogP contribution is -2.61. The molecule has 1 heterocycles. The Labute approximate surface area is 140 Å². The molecule has 1 aromatic carbocycles. The van der Waals surface area contributed by atoms with Gasteiger partial charge < -0.3 is 20.3 Å². The standard InChI is InChI=1S/C18H24FNO4/c1-17(2)9-12-8-14(21)16(18(12,23)10-24-17)20-15(22)7-11-3-5-13(19)6-4-11/h3-6,12,14,16,21,23H,7-10H2,1-2H3,(H,20,22)/t12-,14-,16+,18+/m1/s1. The zero-order valence-electron chi connectivity index (χ0n) is 14.0. The average Bonchev–Trinajstić information content (AvgIpc) is 2.73. The molecule has 6 heteroatoms. The van der Waals surface area contributed by atoms with Crippen molar-refractivity contribution in [2.45, 2.75) is 56.5 Å². The lowest BCUT2D eigenvalue weighted by atomic mass is 9.79. The Morgan fingerprint density at radius 3 is 2.71 bits per heavy atom. The summed E-state index contributed by atoms with van der Waals surface area (Å²) in [6.07, 6.45) is 0.321. The van der Waals surface area contributed by atoms with E-state index in [4.69, 9.17) is 4.74 Å². The lowest BCUT2D eigenvalue weighted by Gasteiger charge is -2.45. The number of aliphatic hydroxyl groups excluding tert-OH is 1. The molecular formula is C18H24FNO4. The van der Waals surface area contributed by atoms with Gasteiger partial charge in [0.15, 0.2) is 0 Å². The van der Waals surface area contributed by atoms with Gasteiger partial charge in [0, 0.05) is 0 Å². The second-order valence-corrected chi connectivity index (χ2v) is 7.59. The molecule has 24 heavy (non-hydrogen) atoms. The van der Waals surface area contributed by atoms with Crippen LogP contribution in [0.2, 0.25) is 0 Å². The number of halogens is 1. The van der Waals surface area contributed by atoms with E-state index in [0.717, 1.165) is 0 Å². The summed E-state index contributed by atoms with van der Waals surface area (Å²) in [6, 6.07) is 4.93. The van der Waals surface area contributed by atoms with E-state index in [0.29, 0.717) is 18.4 Å². The first-order valence-electron chi connectivity index (χ1n) is 8.28. The molecule has 1 amide bonds. The number of rotatable bonds is 3. The van der Waals surface area contributed by atoms with E-state index in [9.17, 15) is 19.4 Å². The van der Waals surface area contributed by atoms with Crippen LogP contribution >= 0.6 is 0 Å². The molecular weight excluding hydrogens is 313 g/mol. The van der Waals surface area contributed by atoms with Crippen LogP contribution in [-0.4, -0.2) is 46.1 Å². The summed E-state index contributed by atoms with van der Waals surface area (Å²) in [6.45, 7) is 4.00. The molecule has 4 atom stereocenters. The predicted molar refractivity (Wildman–Crippen MR) is 85.7 cm³/mol. The molecule has 0 spiro atoms. The number of fused-ring (bicyclic) bond motifs is 1. The molecule has 5 nitrogen and oxygen atoms in total. The van der Waals surface area contributed by atoms with E-state index in [1.165, 1.54) is 12.1 Å². The van der Waals surface area contributed by atoms with E-state index in [2.05, 4.69) is 5.32 Å². The van der Waals surface area contributed by atoms with Crippen LogP contribution in [0.25, 0.3) is 0 Å². The molecule has 1 aliphatic carbocycles. The molecule has 1 saturated carbocycles. The third-order valence-corrected chi connectivity index (χ3v) is 5.18. The van der Waals surface area contributed by atoms with Gasteiger partial charge in [-0.25, -0.2) is 4.39 Å². The molecule has 3 rings (SSSR count). The average molecular weight is 337 g/mol. The van der Waals surface area contributed by atoms with Gasteiger partial charge in [0.2, 0.25) is 5.91 Å². The van der Waals surface area contributed by atoms with Gasteiger partial charge in [-0.05, 0) is 50.3 Å². The number of hydrogen-bond acceptors (Lipinski definition) is 4. The monoisotopic (exact) mass is 337 g/mol. The summed E-state index contributed by atoms with van der Waals surface area (Å²) in [5.74, 6) is -0.790. The number of hydrogen-bond donors (Lipinski definition) is 3. The zero-order chi connectivity index (χ0) is 17.5. The van der Waals surface area contributed by atoms with Crippen molar-refractivity contribution in [3.63, 3.8) is 0 Å². The van der Waals surface area contributed by atoms with E-state index < -0.39 is 17.7 Å². The lowest BCUT2D eigenvalue weighted by molar-refractivity contribution is -0.185. The van der Waals surface area contributed by atoms with Crippen LogP contribution in [0.3, 0.4) is 0 Å². The molecule has 0 aromatic heterocycles. The summed E-state index contributed by atoms with van der Waals surface area (Å²) in [5, 5.41) is 24.0. The maximum absolute atomic E-state index is 12.9. The van der Waals surface area contributed by atoms with Gasteiger partial charge in [-0.1, -0.05) is 12.1 Å². The molecule has 0 unspecified atom stereocenters. The minimum Gasteiger partial charge on any atom is -0.391 e. The molecule has 132 valence electrons. The normalized spacial score (nSPS) is 34.6. The molecule has 2 fully saturated rings. The fourth-order valence-electron chi connectivity index (χ4n) is 3.88. The number of carbonyl (C=O) groups excluding carboxylic acids is 1. The Balaban J connectivity index is 1.68. The summed E-state index contributed by atoms with van der Waals surface area (Å²) >= 11 is 0. The summed E-state index contributed by atoms with van der Waals surface area (Å²) in [5.41, 5.74) is -0.928. The fraction of sp³-hybridized carbons (Fsp3) is 0.611. The second-order valence-electron chi connectivity index (χ2n) is 7.59. The van der Waals surface area contributed by atoms with Gasteiger partial charge in [0.05, 0.1) is 30.8 Å². The first-order valence-corrected chi connectivity index (χ1v) is 8.28. The Hall–Kier alpha value is -1.50. The van der Waals surface area contributed by atoms with Crippen molar-refractivity contribution in [2.75, 3.05) is 6.61 Å². The van der Waals surface area contributed by atoms with E-state index in [1.54, 1.807) is 12.1 Å². The number of nitrogens with one attached hydrogen (secondary N) is 1. The van der Waals surface area contributed by atoms with E-state index in [-0.39, 0.29) is 36.3 Å². The highest BCUT2D eigenvalue weighted by molar-refractivity contribution is 5.79. The number of carbonyl (C=O) groups is 1. The van der Waals surface area contributed by atoms with Gasteiger partial charge >= 0.3 is 0 Å². The maximum Gasteiger partial charge on any atom is 0.224 e. The highest BCUT2D eigenvalue weighted by Crippen LogP contribution is 2.45. The summed E-state index contributed by atoms with van der Waals surface area (Å²) in [7, 11) is 0. The van der Waals surface area contributed by atoms with Gasteiger partial charge in [-0.3, -0.25) is 4.79 Å². The van der Waals surface area contributed by atoms with Gasteiger partial charge in [0.1, 0.15) is 11.4 Å². The van der Waals surface area contributed by atoms with Gasteiger partial charge in [0.25, 0.3) is 0 Å². The molecule has 3 N–H and O–H groups in total. The molecule has 1 aliphatic heterocycles. The van der Waals surface area contributed by atoms with Crippen molar-refractivity contribution in [1.82, 2.24) is 5.32 Å². The number of aliphatic hydroxyl groups is 2. The van der Waals surface area contributed by atoms with E-state index >= 15 is 0 Å². The minimum absolute atomic E-state index is 0.0661. The Kier molecular flexibility index (Phi) is 4.40. The molecule has 0 bridgehead atoms. The van der Waals surface area contributed by atoms with Crippen molar-refractivity contribution in [2.24, 2.45) is 5.92 Å². The molecule has 2 aliphatic rings. The minimum atomic E-state index is -1.26. The Bertz CT molecular complexity index is 618. The third kappa shape index (κ3) is 3.31. The predicted octanol–water partition coefficient (Wildman–Crippen LogP) is 1.16. The smallest absolute Gasteiger partial charge is 0.224 e. The van der Waals surface area contributed by atoms with Crippen molar-refractivity contribution in [1.29, 1.82) is 0 Å². The molecule has 1 aromatic rings. The van der Waals surface area contributed by atoms with Crippen molar-refractivity contribution in [3.8, 4) is 0 Å². The second kappa shape index (κ2) is 6.10. The fourth-order valence-corrected chi connectivity index (χ4v) is 3.88. The summed E-state index contributed by atoms with van der Waals surface area (Å²) < 4.78 is 18.6. The van der Waals surface area contributed by atoms with Gasteiger partial charge in [-0.2, -0.15) is 0 Å². The van der Waals surface area contributed by atoms with Crippen LogP contribution in [0, 0.1) is 11.7 Å². The largest absolute Gasteiger partial charge is 0.391 e. The highest BCUT2D eigenvalue weighted by Gasteiger charge is 2.58. The van der Waals surface area contributed by atoms with E-state index in [1.807, 2.05) is 13.8 Å². The number of benzene rings is 1. The van der Waals surface area contributed by atoms with Gasteiger partial charge in [-0.15, -0.1) is 0 Å².